The Labute approximate surface area is 127 Å². The highest BCUT2D eigenvalue weighted by atomic mass is 16.5. The smallest absolute Gasteiger partial charge is 0.327 e. The van der Waals surface area contributed by atoms with Gasteiger partial charge in [-0.1, -0.05) is 54.6 Å². The molecule has 1 rings (SSSR count). The van der Waals surface area contributed by atoms with E-state index in [0.29, 0.717) is 19.7 Å². The van der Waals surface area contributed by atoms with Crippen LogP contribution in [-0.4, -0.2) is 36.6 Å². The van der Waals surface area contributed by atoms with Gasteiger partial charge >= 0.3 is 5.97 Å². The molecule has 112 valence electrons. The molecule has 0 heterocycles. The van der Waals surface area contributed by atoms with Crippen molar-refractivity contribution in [3.05, 3.63) is 67.3 Å². The third-order valence-corrected chi connectivity index (χ3v) is 2.92. The molecule has 1 unspecified atom stereocenters. The molecule has 0 radical (unpaired) electrons. The molecule has 1 aromatic rings. The Balaban J connectivity index is 2.94. The van der Waals surface area contributed by atoms with Crippen molar-refractivity contribution >= 4 is 12.0 Å². The summed E-state index contributed by atoms with van der Waals surface area (Å²) in [4.78, 5) is 14.1. The van der Waals surface area contributed by atoms with Gasteiger partial charge in [0.2, 0.25) is 0 Å². The lowest BCUT2D eigenvalue weighted by Gasteiger charge is -2.25. The van der Waals surface area contributed by atoms with E-state index in [1.165, 1.54) is 0 Å². The normalized spacial score (nSPS) is 12.3. The standard InChI is InChI=1S/C18H23NO2/c1-4-14-19(15-5-2)17(18(20)21-6-3)13-12-16-10-8-7-9-11-16/h4-5,7-13,17H,1-2,6,14-15H2,3H3/b13-12+. The number of rotatable bonds is 9. The molecule has 0 bridgehead atoms. The number of esters is 1. The van der Waals surface area contributed by atoms with Crippen LogP contribution in [0, 0.1) is 0 Å². The molecule has 1 atom stereocenters. The molecule has 0 aliphatic rings. The van der Waals surface area contributed by atoms with Crippen LogP contribution in [0.25, 0.3) is 6.08 Å². The summed E-state index contributed by atoms with van der Waals surface area (Å²) in [6.45, 7) is 10.8. The first-order valence-electron chi connectivity index (χ1n) is 7.08. The summed E-state index contributed by atoms with van der Waals surface area (Å²) < 4.78 is 5.17. The largest absolute Gasteiger partial charge is 0.465 e. The van der Waals surface area contributed by atoms with E-state index in [0.717, 1.165) is 5.56 Å². The number of carbonyl (C=O) groups excluding carboxylic acids is 1. The van der Waals surface area contributed by atoms with Crippen LogP contribution in [0.5, 0.6) is 0 Å². The van der Waals surface area contributed by atoms with E-state index in [1.54, 1.807) is 19.1 Å². The van der Waals surface area contributed by atoms with Gasteiger partial charge in [0.05, 0.1) is 6.61 Å². The molecule has 0 aliphatic heterocycles. The zero-order chi connectivity index (χ0) is 15.5. The molecule has 0 fully saturated rings. The van der Waals surface area contributed by atoms with Gasteiger partial charge in [0.15, 0.2) is 0 Å². The Morgan fingerprint density at radius 2 is 1.86 bits per heavy atom. The van der Waals surface area contributed by atoms with Gasteiger partial charge < -0.3 is 4.74 Å². The summed E-state index contributed by atoms with van der Waals surface area (Å²) in [7, 11) is 0. The van der Waals surface area contributed by atoms with Gasteiger partial charge in [0, 0.05) is 13.1 Å². The minimum Gasteiger partial charge on any atom is -0.465 e. The maximum absolute atomic E-state index is 12.2. The van der Waals surface area contributed by atoms with E-state index in [1.807, 2.05) is 47.4 Å². The molecule has 3 nitrogen and oxygen atoms in total. The summed E-state index contributed by atoms with van der Waals surface area (Å²) in [5.74, 6) is -0.256. The van der Waals surface area contributed by atoms with Crippen LogP contribution in [0.2, 0.25) is 0 Å². The molecule has 0 N–H and O–H groups in total. The monoisotopic (exact) mass is 285 g/mol. The lowest BCUT2D eigenvalue weighted by Crippen LogP contribution is -2.41. The Kier molecular flexibility index (Phi) is 7.84. The molecule has 0 amide bonds. The zero-order valence-corrected chi connectivity index (χ0v) is 12.6. The third-order valence-electron chi connectivity index (χ3n) is 2.92. The average Bonchev–Trinajstić information content (AvgIpc) is 2.49. The summed E-state index contributed by atoms with van der Waals surface area (Å²) in [5.41, 5.74) is 1.05. The topological polar surface area (TPSA) is 29.5 Å². The van der Waals surface area contributed by atoms with E-state index < -0.39 is 6.04 Å². The van der Waals surface area contributed by atoms with E-state index in [-0.39, 0.29) is 5.97 Å². The fourth-order valence-electron chi connectivity index (χ4n) is 1.98. The number of nitrogens with zero attached hydrogens (tertiary/aromatic N) is 1. The second kappa shape index (κ2) is 9.72. The molecule has 0 saturated heterocycles. The first kappa shape index (κ1) is 16.9. The first-order valence-corrected chi connectivity index (χ1v) is 7.08. The molecule has 0 saturated carbocycles. The lowest BCUT2D eigenvalue weighted by atomic mass is 10.1. The molecule has 3 heteroatoms. The van der Waals surface area contributed by atoms with Crippen molar-refractivity contribution in [3.8, 4) is 0 Å². The highest BCUT2D eigenvalue weighted by molar-refractivity contribution is 5.79. The molecule has 0 aliphatic carbocycles. The zero-order valence-electron chi connectivity index (χ0n) is 12.6. The number of hydrogen-bond donors (Lipinski definition) is 0. The predicted molar refractivity (Wildman–Crippen MR) is 87.9 cm³/mol. The van der Waals surface area contributed by atoms with Gasteiger partial charge in [0.1, 0.15) is 6.04 Å². The highest BCUT2D eigenvalue weighted by Gasteiger charge is 2.22. The number of ether oxygens (including phenoxy) is 1. The Morgan fingerprint density at radius 3 is 2.38 bits per heavy atom. The van der Waals surface area contributed by atoms with E-state index in [4.69, 9.17) is 4.74 Å². The minimum atomic E-state index is -0.443. The fraction of sp³-hybridized carbons (Fsp3) is 0.278. The number of hydrogen-bond acceptors (Lipinski definition) is 3. The van der Waals surface area contributed by atoms with E-state index in [2.05, 4.69) is 13.2 Å². The average molecular weight is 285 g/mol. The predicted octanol–water partition coefficient (Wildman–Crippen LogP) is 3.31. The van der Waals surface area contributed by atoms with Crippen LogP contribution < -0.4 is 0 Å². The van der Waals surface area contributed by atoms with Crippen LogP contribution >= 0.6 is 0 Å². The van der Waals surface area contributed by atoms with Gasteiger partial charge in [0.25, 0.3) is 0 Å². The summed E-state index contributed by atoms with van der Waals surface area (Å²) in [5, 5.41) is 0. The lowest BCUT2D eigenvalue weighted by molar-refractivity contribution is -0.147. The molecular weight excluding hydrogens is 262 g/mol. The second-order valence-corrected chi connectivity index (χ2v) is 4.50. The molecule has 21 heavy (non-hydrogen) atoms. The van der Waals surface area contributed by atoms with Gasteiger partial charge in [-0.25, -0.2) is 0 Å². The van der Waals surface area contributed by atoms with Gasteiger partial charge in [-0.3, -0.25) is 9.69 Å². The van der Waals surface area contributed by atoms with Crippen LogP contribution in [-0.2, 0) is 9.53 Å². The van der Waals surface area contributed by atoms with Crippen molar-refractivity contribution in [3.63, 3.8) is 0 Å². The number of carbonyl (C=O) groups is 1. The molecule has 0 aromatic heterocycles. The van der Waals surface area contributed by atoms with Crippen LogP contribution in [0.15, 0.2) is 61.7 Å². The molecular formula is C18H23NO2. The SMILES string of the molecule is C=CCN(CC=C)C(/C=C/c1ccccc1)C(=O)OCC. The highest BCUT2D eigenvalue weighted by Crippen LogP contribution is 2.09. The minimum absolute atomic E-state index is 0.256. The first-order chi connectivity index (χ1) is 10.2. The van der Waals surface area contributed by atoms with Gasteiger partial charge in [-0.2, -0.15) is 0 Å². The molecule has 0 spiro atoms. The van der Waals surface area contributed by atoms with Crippen LogP contribution in [0.1, 0.15) is 12.5 Å². The molecule has 1 aromatic carbocycles. The third kappa shape index (κ3) is 5.79. The van der Waals surface area contributed by atoms with Crippen molar-refractivity contribution in [1.82, 2.24) is 4.90 Å². The van der Waals surface area contributed by atoms with Crippen molar-refractivity contribution in [2.45, 2.75) is 13.0 Å². The quantitative estimate of drug-likeness (QED) is 0.515. The van der Waals surface area contributed by atoms with Crippen LogP contribution in [0.3, 0.4) is 0 Å². The summed E-state index contributed by atoms with van der Waals surface area (Å²) >= 11 is 0. The fourth-order valence-corrected chi connectivity index (χ4v) is 1.98. The van der Waals surface area contributed by atoms with Crippen molar-refractivity contribution < 1.29 is 9.53 Å². The van der Waals surface area contributed by atoms with Gasteiger partial charge in [-0.15, -0.1) is 13.2 Å². The maximum Gasteiger partial charge on any atom is 0.327 e. The van der Waals surface area contributed by atoms with Gasteiger partial charge in [-0.05, 0) is 12.5 Å². The maximum atomic E-state index is 12.2. The number of benzene rings is 1. The summed E-state index contributed by atoms with van der Waals surface area (Å²) in [6.07, 6.45) is 7.33. The Morgan fingerprint density at radius 1 is 1.24 bits per heavy atom. The van der Waals surface area contributed by atoms with Crippen molar-refractivity contribution in [2.24, 2.45) is 0 Å². The van der Waals surface area contributed by atoms with E-state index in [9.17, 15) is 4.79 Å². The Hall–Kier alpha value is -2.13. The Bertz CT molecular complexity index is 469. The van der Waals surface area contributed by atoms with Crippen molar-refractivity contribution in [1.29, 1.82) is 0 Å². The van der Waals surface area contributed by atoms with Crippen molar-refractivity contribution in [2.75, 3.05) is 19.7 Å². The van der Waals surface area contributed by atoms with Crippen LogP contribution in [0.4, 0.5) is 0 Å². The second-order valence-electron chi connectivity index (χ2n) is 4.50. The summed E-state index contributed by atoms with van der Waals surface area (Å²) in [6, 6.07) is 9.42. The van der Waals surface area contributed by atoms with E-state index >= 15 is 0 Å².